The van der Waals surface area contributed by atoms with Crippen molar-refractivity contribution in [3.05, 3.63) is 11.6 Å². The third kappa shape index (κ3) is 1.21. The first-order valence-electron chi connectivity index (χ1n) is 8.54. The van der Waals surface area contributed by atoms with Gasteiger partial charge in [0.25, 0.3) is 0 Å². The standard InChI is InChI=1S/C18H26O2/c1-9-7-12-14(17(12,2)3)15-16-13(20-16)8-10-5-4-6-11(10)18(9,15)19/h6,9-10,12-16,19H,4-5,7-8H2,1-3H3/t9-,10-,12-,13-,14-,15-,16-,18+/m1/s1. The number of fused-ring (bicyclic) bond motifs is 7. The van der Waals surface area contributed by atoms with Crippen LogP contribution in [0.25, 0.3) is 0 Å². The van der Waals surface area contributed by atoms with E-state index in [-0.39, 0.29) is 0 Å². The van der Waals surface area contributed by atoms with Crippen molar-refractivity contribution < 1.29 is 9.84 Å². The lowest BCUT2D eigenvalue weighted by Gasteiger charge is -2.46. The molecule has 4 fully saturated rings. The third-order valence-corrected chi connectivity index (χ3v) is 7.67. The molecule has 0 radical (unpaired) electrons. The fourth-order valence-electron chi connectivity index (χ4n) is 6.48. The first-order valence-corrected chi connectivity index (χ1v) is 8.54. The topological polar surface area (TPSA) is 32.8 Å². The number of ether oxygens (including phenoxy) is 1. The Bertz CT molecular complexity index is 508. The molecule has 8 atom stereocenters. The molecule has 110 valence electrons. The molecule has 2 nitrogen and oxygen atoms in total. The molecule has 1 N–H and O–H groups in total. The molecule has 1 aliphatic heterocycles. The lowest BCUT2D eigenvalue weighted by Crippen LogP contribution is -2.52. The summed E-state index contributed by atoms with van der Waals surface area (Å²) in [7, 11) is 0. The summed E-state index contributed by atoms with van der Waals surface area (Å²) in [5, 5.41) is 11.8. The van der Waals surface area contributed by atoms with E-state index in [2.05, 4.69) is 26.8 Å². The maximum Gasteiger partial charge on any atom is 0.0941 e. The van der Waals surface area contributed by atoms with Gasteiger partial charge in [-0.05, 0) is 60.3 Å². The van der Waals surface area contributed by atoms with Crippen LogP contribution in [0, 0.1) is 35.0 Å². The number of aliphatic hydroxyl groups is 1. The minimum Gasteiger partial charge on any atom is -0.385 e. The van der Waals surface area contributed by atoms with Crippen molar-refractivity contribution in [3.63, 3.8) is 0 Å². The zero-order chi connectivity index (χ0) is 13.9. The van der Waals surface area contributed by atoms with Gasteiger partial charge in [-0.2, -0.15) is 0 Å². The van der Waals surface area contributed by atoms with Crippen LogP contribution in [-0.2, 0) is 4.74 Å². The Morgan fingerprint density at radius 2 is 2.05 bits per heavy atom. The van der Waals surface area contributed by atoms with Crippen LogP contribution in [0.15, 0.2) is 11.6 Å². The molecule has 0 aromatic heterocycles. The van der Waals surface area contributed by atoms with Crippen molar-refractivity contribution in [2.45, 2.75) is 64.3 Å². The molecule has 0 unspecified atom stereocenters. The Morgan fingerprint density at radius 1 is 1.25 bits per heavy atom. The van der Waals surface area contributed by atoms with Crippen molar-refractivity contribution in [2.75, 3.05) is 0 Å². The van der Waals surface area contributed by atoms with Gasteiger partial charge in [0.2, 0.25) is 0 Å². The maximum absolute atomic E-state index is 11.8. The van der Waals surface area contributed by atoms with E-state index in [4.69, 9.17) is 4.74 Å². The zero-order valence-corrected chi connectivity index (χ0v) is 12.8. The molecular weight excluding hydrogens is 248 g/mol. The van der Waals surface area contributed by atoms with Gasteiger partial charge < -0.3 is 9.84 Å². The lowest BCUT2D eigenvalue weighted by molar-refractivity contribution is -0.0773. The van der Waals surface area contributed by atoms with E-state index in [1.54, 1.807) is 0 Å². The molecular formula is C18H26O2. The van der Waals surface area contributed by atoms with E-state index in [0.29, 0.717) is 41.3 Å². The first kappa shape index (κ1) is 12.2. The van der Waals surface area contributed by atoms with Crippen molar-refractivity contribution in [2.24, 2.45) is 35.0 Å². The summed E-state index contributed by atoms with van der Waals surface area (Å²) in [6.07, 6.45) is 7.95. The van der Waals surface area contributed by atoms with Crippen LogP contribution in [-0.4, -0.2) is 22.9 Å². The largest absolute Gasteiger partial charge is 0.385 e. The Hall–Kier alpha value is -0.340. The van der Waals surface area contributed by atoms with Gasteiger partial charge in [0.05, 0.1) is 17.8 Å². The fourth-order valence-corrected chi connectivity index (χ4v) is 6.48. The average molecular weight is 274 g/mol. The molecule has 1 heterocycles. The molecule has 0 aromatic rings. The van der Waals surface area contributed by atoms with Crippen molar-refractivity contribution in [3.8, 4) is 0 Å². The van der Waals surface area contributed by atoms with E-state index in [1.807, 2.05) is 0 Å². The Morgan fingerprint density at radius 3 is 2.85 bits per heavy atom. The number of rotatable bonds is 0. The van der Waals surface area contributed by atoms with Crippen LogP contribution in [0.5, 0.6) is 0 Å². The molecule has 20 heavy (non-hydrogen) atoms. The maximum atomic E-state index is 11.8. The van der Waals surface area contributed by atoms with Crippen molar-refractivity contribution in [1.82, 2.24) is 0 Å². The minimum atomic E-state index is -0.563. The number of hydrogen-bond donors (Lipinski definition) is 1. The molecule has 0 spiro atoms. The van der Waals surface area contributed by atoms with Gasteiger partial charge in [0.15, 0.2) is 0 Å². The summed E-state index contributed by atoms with van der Waals surface area (Å²) in [5.41, 5.74) is 1.26. The molecule has 3 saturated carbocycles. The monoisotopic (exact) mass is 274 g/mol. The number of allylic oxidation sites excluding steroid dienone is 1. The Kier molecular flexibility index (Phi) is 2.05. The number of hydrogen-bond acceptors (Lipinski definition) is 2. The highest BCUT2D eigenvalue weighted by atomic mass is 16.6. The summed E-state index contributed by atoms with van der Waals surface area (Å²) >= 11 is 0. The highest BCUT2D eigenvalue weighted by Crippen LogP contribution is 2.74. The molecule has 0 amide bonds. The quantitative estimate of drug-likeness (QED) is 0.543. The van der Waals surface area contributed by atoms with Crippen LogP contribution in [0.4, 0.5) is 0 Å². The summed E-state index contributed by atoms with van der Waals surface area (Å²) in [4.78, 5) is 0. The number of epoxide rings is 1. The second kappa shape index (κ2) is 3.35. The predicted molar refractivity (Wildman–Crippen MR) is 77.1 cm³/mol. The summed E-state index contributed by atoms with van der Waals surface area (Å²) < 4.78 is 6.05. The van der Waals surface area contributed by atoms with Crippen LogP contribution in [0.3, 0.4) is 0 Å². The highest BCUT2D eigenvalue weighted by Gasteiger charge is 2.75. The molecule has 0 bridgehead atoms. The highest BCUT2D eigenvalue weighted by molar-refractivity contribution is 5.36. The summed E-state index contributed by atoms with van der Waals surface area (Å²) in [5.74, 6) is 2.85. The molecule has 2 heteroatoms. The van der Waals surface area contributed by atoms with E-state index in [9.17, 15) is 5.11 Å². The van der Waals surface area contributed by atoms with Crippen LogP contribution in [0.1, 0.15) is 46.5 Å². The Labute approximate surface area is 121 Å². The van der Waals surface area contributed by atoms with Gasteiger partial charge in [-0.15, -0.1) is 0 Å². The molecule has 5 rings (SSSR count). The van der Waals surface area contributed by atoms with Crippen LogP contribution in [0.2, 0.25) is 0 Å². The van der Waals surface area contributed by atoms with Gasteiger partial charge in [-0.1, -0.05) is 26.8 Å². The second-order valence-electron chi connectivity index (χ2n) is 8.75. The van der Waals surface area contributed by atoms with Gasteiger partial charge >= 0.3 is 0 Å². The fraction of sp³-hybridized carbons (Fsp3) is 0.889. The lowest BCUT2D eigenvalue weighted by atomic mass is 9.63. The molecule has 5 aliphatic rings. The van der Waals surface area contributed by atoms with E-state index < -0.39 is 5.60 Å². The summed E-state index contributed by atoms with van der Waals surface area (Å²) in [6, 6.07) is 0. The zero-order valence-electron chi connectivity index (χ0n) is 12.8. The van der Waals surface area contributed by atoms with Gasteiger partial charge in [-0.3, -0.25) is 0 Å². The van der Waals surface area contributed by atoms with Gasteiger partial charge in [-0.25, -0.2) is 0 Å². The SMILES string of the molecule is C[C@@H]1C[C@@H]2[C@H]([C@@H]3[C@@H]4O[C@@H]4C[C@H]4CCC=C4[C@]31O)C2(C)C. The minimum absolute atomic E-state index is 0.350. The van der Waals surface area contributed by atoms with E-state index >= 15 is 0 Å². The first-order chi connectivity index (χ1) is 9.45. The van der Waals surface area contributed by atoms with Crippen molar-refractivity contribution in [1.29, 1.82) is 0 Å². The smallest absolute Gasteiger partial charge is 0.0941 e. The van der Waals surface area contributed by atoms with Crippen LogP contribution >= 0.6 is 0 Å². The van der Waals surface area contributed by atoms with E-state index in [0.717, 1.165) is 12.3 Å². The molecule has 4 aliphatic carbocycles. The van der Waals surface area contributed by atoms with Gasteiger partial charge in [0, 0.05) is 5.92 Å². The second-order valence-corrected chi connectivity index (χ2v) is 8.75. The average Bonchev–Trinajstić information content (AvgIpc) is 3.15. The molecule has 0 aromatic carbocycles. The van der Waals surface area contributed by atoms with Crippen molar-refractivity contribution >= 4 is 0 Å². The predicted octanol–water partition coefficient (Wildman–Crippen LogP) is 3.15. The van der Waals surface area contributed by atoms with E-state index in [1.165, 1.54) is 24.8 Å². The summed E-state index contributed by atoms with van der Waals surface area (Å²) in [6.45, 7) is 7.10. The normalized spacial score (nSPS) is 61.4. The van der Waals surface area contributed by atoms with Gasteiger partial charge in [0.1, 0.15) is 0 Å². The third-order valence-electron chi connectivity index (χ3n) is 7.67. The van der Waals surface area contributed by atoms with Crippen LogP contribution < -0.4 is 0 Å². The molecule has 1 saturated heterocycles. The Balaban J connectivity index is 1.65.